The summed E-state index contributed by atoms with van der Waals surface area (Å²) in [5.41, 5.74) is 4.13. The number of benzene rings is 2. The van der Waals surface area contributed by atoms with Gasteiger partial charge in [0, 0.05) is 13.3 Å². The largest absolute Gasteiger partial charge is 3.00 e. The fourth-order valence-corrected chi connectivity index (χ4v) is 1.64. The monoisotopic (exact) mass is 393 g/mol. The van der Waals surface area contributed by atoms with Crippen LogP contribution in [0.15, 0.2) is 77.8 Å². The van der Waals surface area contributed by atoms with Gasteiger partial charge in [0.05, 0.1) is 0 Å². The molecule has 1 aromatic heterocycles. The predicted molar refractivity (Wildman–Crippen MR) is 99.8 cm³/mol. The van der Waals surface area contributed by atoms with E-state index in [1.54, 1.807) is 13.3 Å². The maximum atomic E-state index is 4.15. The van der Waals surface area contributed by atoms with Crippen molar-refractivity contribution >= 4 is 6.21 Å². The summed E-state index contributed by atoms with van der Waals surface area (Å²) in [5, 5.41) is 0. The van der Waals surface area contributed by atoms with Crippen molar-refractivity contribution in [3.63, 3.8) is 0 Å². The van der Waals surface area contributed by atoms with Crippen molar-refractivity contribution in [2.24, 2.45) is 4.99 Å². The number of aryl methyl sites for hydroxylation is 1. The molecule has 0 saturated carbocycles. The summed E-state index contributed by atoms with van der Waals surface area (Å²) in [5.74, 6) is 0. The zero-order valence-corrected chi connectivity index (χ0v) is 16.8. The van der Waals surface area contributed by atoms with Crippen molar-refractivity contribution in [2.45, 2.75) is 6.92 Å². The second-order valence-electron chi connectivity index (χ2n) is 4.87. The van der Waals surface area contributed by atoms with E-state index >= 15 is 0 Å². The molecule has 1 radical (unpaired) electrons. The van der Waals surface area contributed by atoms with Crippen LogP contribution in [0.5, 0.6) is 0 Å². The number of hydrogen-bond acceptors (Lipinski definition) is 1. The first-order valence-electron chi connectivity index (χ1n) is 7.38. The van der Waals surface area contributed by atoms with E-state index in [0.29, 0.717) is 0 Å². The van der Waals surface area contributed by atoms with Crippen molar-refractivity contribution in [2.75, 3.05) is 7.05 Å². The van der Waals surface area contributed by atoms with Crippen LogP contribution in [0, 0.1) is 20.8 Å². The molecule has 0 aliphatic rings. The van der Waals surface area contributed by atoms with Gasteiger partial charge in [-0.3, -0.25) is 4.99 Å². The van der Waals surface area contributed by atoms with Gasteiger partial charge in [-0.15, -0.1) is 30.0 Å². The molecule has 0 saturated heterocycles. The summed E-state index contributed by atoms with van der Waals surface area (Å²) >= 11 is 0. The average Bonchev–Trinajstić information content (AvgIpc) is 2.96. The average molecular weight is 395 g/mol. The molecule has 0 bridgehead atoms. The molecular weight excluding hydrogens is 371 g/mol. The van der Waals surface area contributed by atoms with Gasteiger partial charge in [-0.25, -0.2) is 0 Å². The van der Waals surface area contributed by atoms with E-state index in [1.165, 1.54) is 0 Å². The van der Waals surface area contributed by atoms with Gasteiger partial charge >= 0.3 is 26.2 Å². The Kier molecular flexibility index (Phi) is 12.3. The Bertz CT molecular complexity index is 636. The maximum Gasteiger partial charge on any atom is 3.00 e. The van der Waals surface area contributed by atoms with Crippen LogP contribution in [-0.4, -0.2) is 13.3 Å². The van der Waals surface area contributed by atoms with Gasteiger partial charge in [0.1, 0.15) is 0 Å². The smallest absolute Gasteiger partial charge is 0.660 e. The molecule has 121 valence electrons. The topological polar surface area (TPSA) is 26.5 Å². The number of aromatic nitrogens is 1. The van der Waals surface area contributed by atoms with Gasteiger partial charge < -0.3 is 4.98 Å². The molecule has 0 fully saturated rings. The molecule has 2 aromatic carbocycles. The molecule has 0 unspecified atom stereocenters. The van der Waals surface area contributed by atoms with Crippen molar-refractivity contribution in [1.82, 2.24) is 4.98 Å². The van der Waals surface area contributed by atoms with E-state index in [9.17, 15) is 0 Å². The van der Waals surface area contributed by atoms with Gasteiger partial charge in [0.15, 0.2) is 0 Å². The molecule has 3 aromatic rings. The summed E-state index contributed by atoms with van der Waals surface area (Å²) in [7, 11) is 1.74. The molecule has 0 amide bonds. The molecule has 0 aliphatic heterocycles. The molecule has 0 atom stereocenters. The summed E-state index contributed by atoms with van der Waals surface area (Å²) in [6.45, 7) is 9.41. The van der Waals surface area contributed by atoms with Gasteiger partial charge in [-0.2, -0.15) is 54.9 Å². The minimum Gasteiger partial charge on any atom is -0.660 e. The predicted octanol–water partition coefficient (Wildman–Crippen LogP) is 4.74. The van der Waals surface area contributed by atoms with Crippen LogP contribution in [0.3, 0.4) is 0 Å². The molecule has 3 rings (SSSR count). The van der Waals surface area contributed by atoms with Crippen LogP contribution in [0.25, 0.3) is 0 Å². The Labute approximate surface area is 165 Å². The molecule has 3 heteroatoms. The van der Waals surface area contributed by atoms with Gasteiger partial charge in [0.25, 0.3) is 0 Å². The summed E-state index contributed by atoms with van der Waals surface area (Å²) in [6.07, 6.45) is 1.74. The molecule has 0 N–H and O–H groups in total. The van der Waals surface area contributed by atoms with Gasteiger partial charge in [0.2, 0.25) is 0 Å². The Hall–Kier alpha value is -1.99. The first-order valence-corrected chi connectivity index (χ1v) is 7.38. The Morgan fingerprint density at radius 3 is 1.50 bits per heavy atom. The van der Waals surface area contributed by atoms with E-state index in [4.69, 9.17) is 0 Å². The van der Waals surface area contributed by atoms with Gasteiger partial charge in [-0.05, 0) is 0 Å². The van der Waals surface area contributed by atoms with Gasteiger partial charge in [-0.1, -0.05) is 31.2 Å². The SMILES string of the molecule is CN=Cc1ccc(C)[n-]1.[CH2-]c1ccccc1.[CH2-]c1ccccc1.[Zr+3]. The number of hydrogen-bond donors (Lipinski definition) is 0. The van der Waals surface area contributed by atoms with Crippen LogP contribution in [0.2, 0.25) is 0 Å². The van der Waals surface area contributed by atoms with Crippen LogP contribution in [0.4, 0.5) is 0 Å². The Morgan fingerprint density at radius 2 is 1.25 bits per heavy atom. The van der Waals surface area contributed by atoms with E-state index in [0.717, 1.165) is 22.5 Å². The van der Waals surface area contributed by atoms with E-state index < -0.39 is 0 Å². The van der Waals surface area contributed by atoms with Crippen LogP contribution >= 0.6 is 0 Å². The van der Waals surface area contributed by atoms with E-state index in [-0.39, 0.29) is 26.2 Å². The first kappa shape index (κ1) is 22.0. The molecular formula is C21H23N2Zr. The third-order valence-corrected chi connectivity index (χ3v) is 2.75. The fraction of sp³-hybridized carbons (Fsp3) is 0.0952. The number of rotatable bonds is 1. The van der Waals surface area contributed by atoms with Crippen molar-refractivity contribution < 1.29 is 26.2 Å². The van der Waals surface area contributed by atoms with Crippen LogP contribution < -0.4 is 4.98 Å². The molecule has 2 nitrogen and oxygen atoms in total. The fourth-order valence-electron chi connectivity index (χ4n) is 1.64. The Balaban J connectivity index is 0.000000327. The zero-order chi connectivity index (χ0) is 16.9. The first-order chi connectivity index (χ1) is 11.1. The third-order valence-electron chi connectivity index (χ3n) is 2.75. The van der Waals surface area contributed by atoms with E-state index in [2.05, 4.69) is 23.8 Å². The maximum absolute atomic E-state index is 4.15. The second-order valence-corrected chi connectivity index (χ2v) is 4.87. The molecule has 0 spiro atoms. The van der Waals surface area contributed by atoms with E-state index in [1.807, 2.05) is 79.7 Å². The summed E-state index contributed by atoms with van der Waals surface area (Å²) in [6, 6.07) is 23.7. The van der Waals surface area contributed by atoms with Crippen molar-refractivity contribution in [3.8, 4) is 0 Å². The quantitative estimate of drug-likeness (QED) is 0.433. The van der Waals surface area contributed by atoms with Crippen LogP contribution in [-0.2, 0) is 26.2 Å². The Morgan fingerprint density at radius 1 is 0.792 bits per heavy atom. The van der Waals surface area contributed by atoms with Crippen LogP contribution in [0.1, 0.15) is 22.5 Å². The number of nitrogens with zero attached hydrogens (tertiary/aromatic N) is 2. The standard InChI is InChI=1S/C7H9N2.2C7H7.Zr/c1-6-3-4-7(9-6)5-8-2;2*1-7-5-3-2-4-6-7;/h3-5H,1-2H3;2*2-6H,1H2;/q3*-1;+3. The van der Waals surface area contributed by atoms with Crippen molar-refractivity contribution in [3.05, 3.63) is 109 Å². The second kappa shape index (κ2) is 13.5. The van der Waals surface area contributed by atoms with Crippen molar-refractivity contribution in [1.29, 1.82) is 0 Å². The summed E-state index contributed by atoms with van der Waals surface area (Å²) < 4.78 is 0. The molecule has 0 aliphatic carbocycles. The normalized spacial score (nSPS) is 9.08. The third kappa shape index (κ3) is 10.7. The molecule has 1 heterocycles. The number of aliphatic imine (C=N–C) groups is 1. The molecule has 24 heavy (non-hydrogen) atoms. The summed E-state index contributed by atoms with van der Waals surface area (Å²) in [4.78, 5) is 7.98. The minimum absolute atomic E-state index is 0. The minimum atomic E-state index is 0. The zero-order valence-electron chi connectivity index (χ0n) is 14.3.